The number of benzene rings is 1. The van der Waals surface area contributed by atoms with Gasteiger partial charge in [-0.05, 0) is 49.1 Å². The molecule has 4 heteroatoms. The summed E-state index contributed by atoms with van der Waals surface area (Å²) in [7, 11) is 0. The topological polar surface area (TPSA) is 20.2 Å². The van der Waals surface area contributed by atoms with Crippen molar-refractivity contribution >= 4 is 15.9 Å². The van der Waals surface area contributed by atoms with E-state index in [2.05, 4.69) is 15.9 Å². The Labute approximate surface area is 113 Å². The van der Waals surface area contributed by atoms with Crippen molar-refractivity contribution in [1.29, 1.82) is 0 Å². The van der Waals surface area contributed by atoms with E-state index >= 15 is 0 Å². The Balaban J connectivity index is 1.91. The van der Waals surface area contributed by atoms with Gasteiger partial charge in [0.05, 0.1) is 11.7 Å². The zero-order chi connectivity index (χ0) is 12.9. The Morgan fingerprint density at radius 1 is 1.17 bits per heavy atom. The Kier molecular flexibility index (Phi) is 3.18. The molecule has 98 valence electrons. The number of fused-ring (bicyclic) bond motifs is 2. The van der Waals surface area contributed by atoms with Gasteiger partial charge in [-0.1, -0.05) is 22.4 Å². The Morgan fingerprint density at radius 2 is 1.83 bits per heavy atom. The molecular formula is C14H15BrF2O. The lowest BCUT2D eigenvalue weighted by Gasteiger charge is -2.27. The highest BCUT2D eigenvalue weighted by Crippen LogP contribution is 2.53. The highest BCUT2D eigenvalue weighted by Gasteiger charge is 2.44. The minimum absolute atomic E-state index is 0.0222. The largest absolute Gasteiger partial charge is 0.388 e. The lowest BCUT2D eigenvalue weighted by Crippen LogP contribution is -2.21. The standard InChI is InChI=1S/C14H15BrF2O/c15-9-5-11(16)13(12(17)6-9)14(18)10-4-7-1-2-8(10)3-7/h5-8,10,14,18H,1-4H2. The zero-order valence-electron chi connectivity index (χ0n) is 9.87. The van der Waals surface area contributed by atoms with Crippen LogP contribution in [0.5, 0.6) is 0 Å². The fraction of sp³-hybridized carbons (Fsp3) is 0.571. The zero-order valence-corrected chi connectivity index (χ0v) is 11.5. The van der Waals surface area contributed by atoms with E-state index in [1.54, 1.807) is 0 Å². The van der Waals surface area contributed by atoms with Crippen molar-refractivity contribution in [3.8, 4) is 0 Å². The minimum Gasteiger partial charge on any atom is -0.388 e. The van der Waals surface area contributed by atoms with Crippen LogP contribution in [0.2, 0.25) is 0 Å². The van der Waals surface area contributed by atoms with Crippen molar-refractivity contribution < 1.29 is 13.9 Å². The van der Waals surface area contributed by atoms with Crippen LogP contribution in [0.25, 0.3) is 0 Å². The molecule has 1 N–H and O–H groups in total. The number of hydrogen-bond donors (Lipinski definition) is 1. The molecule has 2 aliphatic rings. The van der Waals surface area contributed by atoms with E-state index in [0.717, 1.165) is 19.3 Å². The lowest BCUT2D eigenvalue weighted by molar-refractivity contribution is 0.0681. The van der Waals surface area contributed by atoms with Gasteiger partial charge in [0, 0.05) is 4.47 Å². The second kappa shape index (κ2) is 4.57. The molecule has 0 aliphatic heterocycles. The predicted octanol–water partition coefficient (Wildman–Crippen LogP) is 4.20. The molecule has 0 saturated heterocycles. The van der Waals surface area contributed by atoms with Gasteiger partial charge in [0.15, 0.2) is 0 Å². The summed E-state index contributed by atoms with van der Waals surface area (Å²) in [5.74, 6) is -0.202. The Morgan fingerprint density at radius 3 is 2.33 bits per heavy atom. The van der Waals surface area contributed by atoms with Gasteiger partial charge in [-0.3, -0.25) is 0 Å². The molecular weight excluding hydrogens is 302 g/mol. The maximum Gasteiger partial charge on any atom is 0.133 e. The van der Waals surface area contributed by atoms with Crippen molar-refractivity contribution in [1.82, 2.24) is 0 Å². The molecule has 0 spiro atoms. The van der Waals surface area contributed by atoms with Crippen LogP contribution in [0.4, 0.5) is 8.78 Å². The first-order valence-electron chi connectivity index (χ1n) is 6.38. The first-order valence-corrected chi connectivity index (χ1v) is 7.18. The molecule has 2 aliphatic carbocycles. The van der Waals surface area contributed by atoms with Gasteiger partial charge in [-0.25, -0.2) is 8.78 Å². The van der Waals surface area contributed by atoms with E-state index in [4.69, 9.17) is 0 Å². The Bertz CT molecular complexity index is 454. The molecule has 18 heavy (non-hydrogen) atoms. The van der Waals surface area contributed by atoms with Crippen molar-refractivity contribution in [2.75, 3.05) is 0 Å². The molecule has 0 radical (unpaired) electrons. The average molecular weight is 317 g/mol. The summed E-state index contributed by atoms with van der Waals surface area (Å²) in [5, 5.41) is 10.3. The molecule has 2 saturated carbocycles. The van der Waals surface area contributed by atoms with Crippen molar-refractivity contribution in [3.05, 3.63) is 33.8 Å². The van der Waals surface area contributed by atoms with Crippen LogP contribution in [-0.4, -0.2) is 5.11 Å². The Hall–Kier alpha value is -0.480. The average Bonchev–Trinajstić information content (AvgIpc) is 2.88. The number of rotatable bonds is 2. The molecule has 3 rings (SSSR count). The molecule has 2 bridgehead atoms. The third kappa shape index (κ3) is 1.99. The van der Waals surface area contributed by atoms with Crippen LogP contribution in [-0.2, 0) is 0 Å². The summed E-state index contributed by atoms with van der Waals surface area (Å²) in [6.07, 6.45) is 3.31. The fourth-order valence-corrected chi connectivity index (χ4v) is 4.13. The first kappa shape index (κ1) is 12.5. The normalized spacial score (nSPS) is 31.9. The number of aliphatic hydroxyl groups excluding tert-OH is 1. The molecule has 1 nitrogen and oxygen atoms in total. The van der Waals surface area contributed by atoms with Crippen LogP contribution >= 0.6 is 15.9 Å². The summed E-state index contributed by atoms with van der Waals surface area (Å²) in [5.41, 5.74) is -0.157. The highest BCUT2D eigenvalue weighted by atomic mass is 79.9. The highest BCUT2D eigenvalue weighted by molar-refractivity contribution is 9.10. The van der Waals surface area contributed by atoms with Crippen molar-refractivity contribution in [3.63, 3.8) is 0 Å². The number of halogens is 3. The fourth-order valence-electron chi connectivity index (χ4n) is 3.73. The van der Waals surface area contributed by atoms with Gasteiger partial charge in [0.1, 0.15) is 11.6 Å². The molecule has 0 amide bonds. The summed E-state index contributed by atoms with van der Waals surface area (Å²) in [4.78, 5) is 0. The van der Waals surface area contributed by atoms with Crippen LogP contribution in [0, 0.1) is 29.4 Å². The summed E-state index contributed by atoms with van der Waals surface area (Å²) < 4.78 is 28.0. The van der Waals surface area contributed by atoms with Gasteiger partial charge < -0.3 is 5.11 Å². The molecule has 4 atom stereocenters. The number of hydrogen-bond acceptors (Lipinski definition) is 1. The lowest BCUT2D eigenvalue weighted by atomic mass is 9.82. The first-order chi connectivity index (χ1) is 8.56. The SMILES string of the molecule is OC(c1c(F)cc(Br)cc1F)C1CC2CCC1C2. The summed E-state index contributed by atoms with van der Waals surface area (Å²) in [6, 6.07) is 2.43. The molecule has 1 aromatic rings. The van der Waals surface area contributed by atoms with Crippen molar-refractivity contribution in [2.45, 2.75) is 31.8 Å². The van der Waals surface area contributed by atoms with E-state index in [1.165, 1.54) is 18.6 Å². The quantitative estimate of drug-likeness (QED) is 0.867. The molecule has 1 aromatic carbocycles. The van der Waals surface area contributed by atoms with E-state index in [0.29, 0.717) is 16.3 Å². The van der Waals surface area contributed by atoms with E-state index in [9.17, 15) is 13.9 Å². The van der Waals surface area contributed by atoms with Crippen LogP contribution < -0.4 is 0 Å². The maximum atomic E-state index is 13.8. The van der Waals surface area contributed by atoms with Gasteiger partial charge in [-0.2, -0.15) is 0 Å². The van der Waals surface area contributed by atoms with Gasteiger partial charge in [0.2, 0.25) is 0 Å². The molecule has 4 unspecified atom stereocenters. The molecule has 0 aromatic heterocycles. The smallest absolute Gasteiger partial charge is 0.133 e. The minimum atomic E-state index is -1.01. The summed E-state index contributed by atoms with van der Waals surface area (Å²) in [6.45, 7) is 0. The van der Waals surface area contributed by atoms with Crippen molar-refractivity contribution in [2.24, 2.45) is 17.8 Å². The molecule has 2 fully saturated rings. The van der Waals surface area contributed by atoms with Gasteiger partial charge >= 0.3 is 0 Å². The monoisotopic (exact) mass is 316 g/mol. The predicted molar refractivity (Wildman–Crippen MR) is 68.0 cm³/mol. The van der Waals surface area contributed by atoms with Crippen LogP contribution in [0.3, 0.4) is 0 Å². The third-order valence-electron chi connectivity index (χ3n) is 4.54. The van der Waals surface area contributed by atoms with Crippen LogP contribution in [0.1, 0.15) is 37.4 Å². The van der Waals surface area contributed by atoms with E-state index < -0.39 is 17.7 Å². The molecule has 0 heterocycles. The third-order valence-corrected chi connectivity index (χ3v) is 5.00. The van der Waals surface area contributed by atoms with Crippen LogP contribution in [0.15, 0.2) is 16.6 Å². The van der Waals surface area contributed by atoms with E-state index in [-0.39, 0.29) is 11.5 Å². The second-order valence-electron chi connectivity index (χ2n) is 5.57. The number of aliphatic hydroxyl groups is 1. The maximum absolute atomic E-state index is 13.8. The van der Waals surface area contributed by atoms with Gasteiger partial charge in [-0.15, -0.1) is 0 Å². The van der Waals surface area contributed by atoms with E-state index in [1.807, 2.05) is 0 Å². The summed E-state index contributed by atoms with van der Waals surface area (Å²) >= 11 is 3.05. The van der Waals surface area contributed by atoms with Gasteiger partial charge in [0.25, 0.3) is 0 Å². The second-order valence-corrected chi connectivity index (χ2v) is 6.48.